The molecular weight excluding hydrogens is 318 g/mol. The molecule has 0 aliphatic carbocycles. The van der Waals surface area contributed by atoms with Gasteiger partial charge in [-0.15, -0.1) is 0 Å². The Morgan fingerprint density at radius 3 is 2.24 bits per heavy atom. The molecule has 0 spiro atoms. The molecule has 0 bridgehead atoms. The van der Waals surface area contributed by atoms with Crippen molar-refractivity contribution in [2.45, 2.75) is 32.9 Å². The van der Waals surface area contributed by atoms with Crippen molar-refractivity contribution in [3.05, 3.63) is 65.7 Å². The number of rotatable bonds is 8. The Morgan fingerprint density at radius 1 is 1.04 bits per heavy atom. The van der Waals surface area contributed by atoms with E-state index in [0.29, 0.717) is 12.2 Å². The number of nitrogens with zero attached hydrogens (tertiary/aromatic N) is 1. The molecule has 0 fully saturated rings. The van der Waals surface area contributed by atoms with Crippen LogP contribution in [0.5, 0.6) is 5.75 Å². The zero-order chi connectivity index (χ0) is 18.2. The predicted octanol–water partition coefficient (Wildman–Crippen LogP) is 3.59. The molecular formula is C20H23NO4. The van der Waals surface area contributed by atoms with E-state index in [1.54, 1.807) is 17.0 Å². The highest BCUT2D eigenvalue weighted by molar-refractivity contribution is 5.94. The molecule has 0 aliphatic heterocycles. The maximum absolute atomic E-state index is 12.6. The minimum absolute atomic E-state index is 0.0621. The van der Waals surface area contributed by atoms with Crippen molar-refractivity contribution in [2.24, 2.45) is 0 Å². The summed E-state index contributed by atoms with van der Waals surface area (Å²) in [4.78, 5) is 24.9. The number of aliphatic carboxylic acids is 1. The number of amides is 1. The molecule has 0 heterocycles. The lowest BCUT2D eigenvalue weighted by molar-refractivity contribution is -0.137. The van der Waals surface area contributed by atoms with Crippen molar-refractivity contribution in [1.29, 1.82) is 0 Å². The molecule has 5 nitrogen and oxygen atoms in total. The quantitative estimate of drug-likeness (QED) is 0.797. The summed E-state index contributed by atoms with van der Waals surface area (Å²) in [6.07, 6.45) is -0.0626. The SMILES string of the molecule is CC(C)N(CCC(=O)O)C(=O)c1ccc(COc2ccccc2)cc1. The summed E-state index contributed by atoms with van der Waals surface area (Å²) in [5.74, 6) is -0.277. The van der Waals surface area contributed by atoms with Gasteiger partial charge in [-0.25, -0.2) is 0 Å². The number of ether oxygens (including phenoxy) is 1. The van der Waals surface area contributed by atoms with Crippen LogP contribution in [-0.2, 0) is 11.4 Å². The average Bonchev–Trinajstić information content (AvgIpc) is 2.60. The topological polar surface area (TPSA) is 66.8 Å². The fraction of sp³-hybridized carbons (Fsp3) is 0.300. The van der Waals surface area contributed by atoms with Gasteiger partial charge in [0.1, 0.15) is 12.4 Å². The molecule has 0 aromatic heterocycles. The largest absolute Gasteiger partial charge is 0.489 e. The van der Waals surface area contributed by atoms with E-state index in [1.165, 1.54) is 0 Å². The Balaban J connectivity index is 1.99. The summed E-state index contributed by atoms with van der Waals surface area (Å²) in [7, 11) is 0. The van der Waals surface area contributed by atoms with Gasteiger partial charge in [-0.1, -0.05) is 30.3 Å². The van der Waals surface area contributed by atoms with Gasteiger partial charge in [0.25, 0.3) is 5.91 Å². The molecule has 0 aliphatic rings. The monoisotopic (exact) mass is 341 g/mol. The number of carbonyl (C=O) groups excluding carboxylic acids is 1. The van der Waals surface area contributed by atoms with Gasteiger partial charge >= 0.3 is 5.97 Å². The zero-order valence-corrected chi connectivity index (χ0v) is 14.5. The van der Waals surface area contributed by atoms with Crippen molar-refractivity contribution in [2.75, 3.05) is 6.54 Å². The Labute approximate surface area is 147 Å². The third-order valence-corrected chi connectivity index (χ3v) is 3.80. The summed E-state index contributed by atoms with van der Waals surface area (Å²) < 4.78 is 5.68. The molecule has 132 valence electrons. The number of carbonyl (C=O) groups is 2. The molecule has 0 saturated carbocycles. The fourth-order valence-electron chi connectivity index (χ4n) is 2.40. The summed E-state index contributed by atoms with van der Waals surface area (Å²) in [6, 6.07) is 16.7. The highest BCUT2D eigenvalue weighted by atomic mass is 16.5. The average molecular weight is 341 g/mol. The molecule has 25 heavy (non-hydrogen) atoms. The normalized spacial score (nSPS) is 10.5. The second-order valence-electron chi connectivity index (χ2n) is 6.03. The number of hydrogen-bond acceptors (Lipinski definition) is 3. The Morgan fingerprint density at radius 2 is 1.68 bits per heavy atom. The zero-order valence-electron chi connectivity index (χ0n) is 14.5. The highest BCUT2D eigenvalue weighted by Crippen LogP contribution is 2.14. The Kier molecular flexibility index (Phi) is 6.57. The van der Waals surface area contributed by atoms with Gasteiger partial charge in [0.2, 0.25) is 0 Å². The maximum Gasteiger partial charge on any atom is 0.305 e. The molecule has 0 unspecified atom stereocenters. The highest BCUT2D eigenvalue weighted by Gasteiger charge is 2.19. The first-order valence-corrected chi connectivity index (χ1v) is 8.27. The van der Waals surface area contributed by atoms with E-state index in [2.05, 4.69) is 0 Å². The first-order valence-electron chi connectivity index (χ1n) is 8.27. The number of carboxylic acid groups (broad SMARTS) is 1. The predicted molar refractivity (Wildman–Crippen MR) is 95.6 cm³/mol. The van der Waals surface area contributed by atoms with Crippen molar-refractivity contribution in [1.82, 2.24) is 4.90 Å². The van der Waals surface area contributed by atoms with Crippen LogP contribution in [0.15, 0.2) is 54.6 Å². The van der Waals surface area contributed by atoms with E-state index in [4.69, 9.17) is 9.84 Å². The van der Waals surface area contributed by atoms with E-state index < -0.39 is 5.97 Å². The van der Waals surface area contributed by atoms with Crippen molar-refractivity contribution in [3.8, 4) is 5.75 Å². The minimum atomic E-state index is -0.910. The summed E-state index contributed by atoms with van der Waals surface area (Å²) in [6.45, 7) is 4.37. The first-order chi connectivity index (χ1) is 12.0. The van der Waals surface area contributed by atoms with E-state index in [9.17, 15) is 9.59 Å². The van der Waals surface area contributed by atoms with Crippen LogP contribution in [0.1, 0.15) is 36.2 Å². The number of hydrogen-bond donors (Lipinski definition) is 1. The lowest BCUT2D eigenvalue weighted by Crippen LogP contribution is -2.38. The molecule has 2 aromatic rings. The maximum atomic E-state index is 12.6. The molecule has 0 atom stereocenters. The second-order valence-corrected chi connectivity index (χ2v) is 6.03. The molecule has 2 rings (SSSR count). The van der Waals surface area contributed by atoms with Crippen LogP contribution >= 0.6 is 0 Å². The van der Waals surface area contributed by atoms with Crippen LogP contribution in [0.25, 0.3) is 0 Å². The molecule has 0 radical (unpaired) electrons. The van der Waals surface area contributed by atoms with E-state index in [0.717, 1.165) is 11.3 Å². The number of carboxylic acids is 1. The van der Waals surface area contributed by atoms with Crippen molar-refractivity contribution in [3.63, 3.8) is 0 Å². The van der Waals surface area contributed by atoms with Gasteiger partial charge in [0, 0.05) is 18.2 Å². The standard InChI is InChI=1S/C20H23NO4/c1-15(2)21(13-12-19(22)23)20(24)17-10-8-16(9-11-17)14-25-18-6-4-3-5-7-18/h3-11,15H,12-14H2,1-2H3,(H,22,23). The lowest BCUT2D eigenvalue weighted by atomic mass is 10.1. The van der Waals surface area contributed by atoms with E-state index in [-0.39, 0.29) is 24.9 Å². The molecule has 2 aromatic carbocycles. The summed E-state index contributed by atoms with van der Waals surface area (Å²) >= 11 is 0. The third-order valence-electron chi connectivity index (χ3n) is 3.80. The Bertz CT molecular complexity index is 695. The van der Waals surface area contributed by atoms with Gasteiger partial charge in [-0.05, 0) is 43.7 Å². The van der Waals surface area contributed by atoms with Crippen LogP contribution in [-0.4, -0.2) is 34.5 Å². The van der Waals surface area contributed by atoms with E-state index >= 15 is 0 Å². The van der Waals surface area contributed by atoms with Crippen molar-refractivity contribution < 1.29 is 19.4 Å². The van der Waals surface area contributed by atoms with Gasteiger partial charge in [-0.2, -0.15) is 0 Å². The molecule has 0 saturated heterocycles. The smallest absolute Gasteiger partial charge is 0.305 e. The molecule has 5 heteroatoms. The van der Waals surface area contributed by atoms with E-state index in [1.807, 2.05) is 56.3 Å². The second kappa shape index (κ2) is 8.87. The Hall–Kier alpha value is -2.82. The van der Waals surface area contributed by atoms with Gasteiger partial charge in [0.05, 0.1) is 6.42 Å². The summed E-state index contributed by atoms with van der Waals surface area (Å²) in [5.41, 5.74) is 1.50. The third kappa shape index (κ3) is 5.64. The number of benzene rings is 2. The van der Waals surface area contributed by atoms with Gasteiger partial charge in [-0.3, -0.25) is 9.59 Å². The van der Waals surface area contributed by atoms with Crippen LogP contribution in [0, 0.1) is 0 Å². The lowest BCUT2D eigenvalue weighted by Gasteiger charge is -2.26. The minimum Gasteiger partial charge on any atom is -0.489 e. The van der Waals surface area contributed by atoms with Crippen LogP contribution in [0.4, 0.5) is 0 Å². The fourth-order valence-corrected chi connectivity index (χ4v) is 2.40. The van der Waals surface area contributed by atoms with Crippen LogP contribution in [0.2, 0.25) is 0 Å². The van der Waals surface area contributed by atoms with Crippen LogP contribution < -0.4 is 4.74 Å². The molecule has 1 amide bonds. The molecule has 1 N–H and O–H groups in total. The van der Waals surface area contributed by atoms with Gasteiger partial charge in [0.15, 0.2) is 0 Å². The first kappa shape index (κ1) is 18.5. The number of para-hydroxylation sites is 1. The summed E-state index contributed by atoms with van der Waals surface area (Å²) in [5, 5.41) is 8.83. The van der Waals surface area contributed by atoms with Crippen LogP contribution in [0.3, 0.4) is 0 Å². The van der Waals surface area contributed by atoms with Crippen molar-refractivity contribution >= 4 is 11.9 Å². The van der Waals surface area contributed by atoms with Gasteiger partial charge < -0.3 is 14.7 Å².